The van der Waals surface area contributed by atoms with E-state index in [1.54, 1.807) is 6.08 Å². The van der Waals surface area contributed by atoms with Gasteiger partial charge in [-0.1, -0.05) is 18.9 Å². The summed E-state index contributed by atoms with van der Waals surface area (Å²) in [5, 5.41) is 2.60. The van der Waals surface area contributed by atoms with Gasteiger partial charge < -0.3 is 5.32 Å². The average molecular weight is 260 g/mol. The minimum absolute atomic E-state index is 0.0144. The summed E-state index contributed by atoms with van der Waals surface area (Å²) >= 11 is 0. The highest BCUT2D eigenvalue weighted by atomic mass is 32.2. The summed E-state index contributed by atoms with van der Waals surface area (Å²) < 4.78 is 24.6. The third-order valence-corrected chi connectivity index (χ3v) is 4.18. The largest absolute Gasteiger partial charge is 0.351 e. The molecule has 0 atom stereocenters. The Morgan fingerprint density at radius 1 is 1.47 bits per heavy atom. The first-order valence-corrected chi connectivity index (χ1v) is 7.64. The van der Waals surface area contributed by atoms with E-state index in [0.717, 1.165) is 31.9 Å². The van der Waals surface area contributed by atoms with E-state index in [9.17, 15) is 13.2 Å². The molecule has 1 amide bonds. The van der Waals surface area contributed by atoms with E-state index >= 15 is 0 Å². The molecule has 0 saturated heterocycles. The van der Waals surface area contributed by atoms with Crippen LogP contribution in [0.3, 0.4) is 0 Å². The van der Waals surface area contributed by atoms with Gasteiger partial charge in [-0.15, -0.1) is 6.58 Å². The number of sulfonamides is 1. The van der Waals surface area contributed by atoms with Crippen LogP contribution in [-0.2, 0) is 14.8 Å². The summed E-state index contributed by atoms with van der Waals surface area (Å²) in [6, 6.07) is -0.0144. The summed E-state index contributed by atoms with van der Waals surface area (Å²) in [4.78, 5) is 11.6. The predicted octanol–water partition coefficient (Wildman–Crippen LogP) is 0.493. The standard InChI is InChI=1S/C11H20N2O3S/c1-3-8-12-11(14)9-13(17(2,15)16)10-6-4-5-7-10/h3,10H,1,4-9H2,2H3,(H,12,14). The number of rotatable bonds is 6. The van der Waals surface area contributed by atoms with Crippen LogP contribution in [0.1, 0.15) is 25.7 Å². The fraction of sp³-hybridized carbons (Fsp3) is 0.727. The van der Waals surface area contributed by atoms with Crippen LogP contribution in [-0.4, -0.2) is 44.0 Å². The second-order valence-corrected chi connectivity index (χ2v) is 6.27. The molecule has 1 aliphatic carbocycles. The van der Waals surface area contributed by atoms with E-state index < -0.39 is 10.0 Å². The molecule has 1 rings (SSSR count). The lowest BCUT2D eigenvalue weighted by molar-refractivity contribution is -0.121. The van der Waals surface area contributed by atoms with Crippen molar-refractivity contribution in [1.82, 2.24) is 9.62 Å². The van der Waals surface area contributed by atoms with Crippen LogP contribution in [0.4, 0.5) is 0 Å². The maximum atomic E-state index is 11.7. The number of nitrogens with zero attached hydrogens (tertiary/aromatic N) is 1. The fourth-order valence-electron chi connectivity index (χ4n) is 2.09. The third kappa shape index (κ3) is 4.47. The van der Waals surface area contributed by atoms with Gasteiger partial charge in [0.2, 0.25) is 15.9 Å². The molecule has 0 aliphatic heterocycles. The van der Waals surface area contributed by atoms with E-state index in [1.165, 1.54) is 4.31 Å². The molecule has 0 aromatic heterocycles. The van der Waals surface area contributed by atoms with E-state index in [4.69, 9.17) is 0 Å². The van der Waals surface area contributed by atoms with Crippen LogP contribution >= 0.6 is 0 Å². The van der Waals surface area contributed by atoms with E-state index in [-0.39, 0.29) is 18.5 Å². The van der Waals surface area contributed by atoms with Gasteiger partial charge in [-0.2, -0.15) is 4.31 Å². The molecule has 1 aliphatic rings. The minimum Gasteiger partial charge on any atom is -0.351 e. The highest BCUT2D eigenvalue weighted by Crippen LogP contribution is 2.24. The lowest BCUT2D eigenvalue weighted by atomic mass is 10.2. The molecule has 0 aromatic carbocycles. The molecule has 6 heteroatoms. The molecule has 1 saturated carbocycles. The van der Waals surface area contributed by atoms with Crippen molar-refractivity contribution in [3.63, 3.8) is 0 Å². The Bertz CT molecular complexity index is 372. The van der Waals surface area contributed by atoms with Gasteiger partial charge in [0.1, 0.15) is 0 Å². The highest BCUT2D eigenvalue weighted by Gasteiger charge is 2.30. The van der Waals surface area contributed by atoms with Gasteiger partial charge in [0.05, 0.1) is 12.8 Å². The Labute approximate surface area is 103 Å². The monoisotopic (exact) mass is 260 g/mol. The maximum Gasteiger partial charge on any atom is 0.235 e. The summed E-state index contributed by atoms with van der Waals surface area (Å²) in [6.45, 7) is 3.77. The Balaban J connectivity index is 2.64. The molecule has 0 unspecified atom stereocenters. The van der Waals surface area contributed by atoms with Crippen molar-refractivity contribution in [1.29, 1.82) is 0 Å². The Hall–Kier alpha value is -0.880. The first-order valence-electron chi connectivity index (χ1n) is 5.79. The third-order valence-electron chi connectivity index (χ3n) is 2.90. The van der Waals surface area contributed by atoms with E-state index in [0.29, 0.717) is 6.54 Å². The Morgan fingerprint density at radius 3 is 2.53 bits per heavy atom. The molecular formula is C11H20N2O3S. The molecule has 0 spiro atoms. The molecule has 0 aromatic rings. The molecule has 0 heterocycles. The number of amides is 1. The predicted molar refractivity (Wildman–Crippen MR) is 67.0 cm³/mol. The van der Waals surface area contributed by atoms with Gasteiger partial charge in [-0.3, -0.25) is 4.79 Å². The zero-order valence-electron chi connectivity index (χ0n) is 10.2. The Morgan fingerprint density at radius 2 is 2.06 bits per heavy atom. The lowest BCUT2D eigenvalue weighted by Gasteiger charge is -2.25. The zero-order valence-corrected chi connectivity index (χ0v) is 11.0. The second kappa shape index (κ2) is 6.16. The van der Waals surface area contributed by atoms with Gasteiger partial charge >= 0.3 is 0 Å². The minimum atomic E-state index is -3.32. The molecular weight excluding hydrogens is 240 g/mol. The van der Waals surface area contributed by atoms with Gasteiger partial charge in [0.15, 0.2) is 0 Å². The van der Waals surface area contributed by atoms with Crippen molar-refractivity contribution < 1.29 is 13.2 Å². The van der Waals surface area contributed by atoms with Crippen molar-refractivity contribution in [2.45, 2.75) is 31.7 Å². The molecule has 17 heavy (non-hydrogen) atoms. The van der Waals surface area contributed by atoms with Gasteiger partial charge in [-0.05, 0) is 12.8 Å². The average Bonchev–Trinajstić information content (AvgIpc) is 2.74. The molecule has 98 valence electrons. The number of hydrogen-bond acceptors (Lipinski definition) is 3. The molecule has 1 fully saturated rings. The summed E-state index contributed by atoms with van der Waals surface area (Å²) in [7, 11) is -3.32. The number of carbonyl (C=O) groups excluding carboxylic acids is 1. The fourth-order valence-corrected chi connectivity index (χ4v) is 3.20. The van der Waals surface area contributed by atoms with Crippen molar-refractivity contribution in [3.05, 3.63) is 12.7 Å². The van der Waals surface area contributed by atoms with Crippen molar-refractivity contribution >= 4 is 15.9 Å². The van der Waals surface area contributed by atoms with Crippen LogP contribution in [0.5, 0.6) is 0 Å². The van der Waals surface area contributed by atoms with Crippen LogP contribution in [0.15, 0.2) is 12.7 Å². The molecule has 0 radical (unpaired) electrons. The quantitative estimate of drug-likeness (QED) is 0.707. The van der Waals surface area contributed by atoms with Gasteiger partial charge in [0, 0.05) is 12.6 Å². The highest BCUT2D eigenvalue weighted by molar-refractivity contribution is 7.88. The van der Waals surface area contributed by atoms with Crippen LogP contribution in [0.2, 0.25) is 0 Å². The summed E-state index contributed by atoms with van der Waals surface area (Å²) in [5.74, 6) is -0.276. The molecule has 1 N–H and O–H groups in total. The van der Waals surface area contributed by atoms with Crippen LogP contribution < -0.4 is 5.32 Å². The first-order chi connectivity index (χ1) is 7.95. The van der Waals surface area contributed by atoms with Crippen molar-refractivity contribution in [2.75, 3.05) is 19.3 Å². The normalized spacial score (nSPS) is 17.3. The first kappa shape index (κ1) is 14.2. The van der Waals surface area contributed by atoms with Crippen molar-refractivity contribution in [2.24, 2.45) is 0 Å². The summed E-state index contributed by atoms with van der Waals surface area (Å²) in [5.41, 5.74) is 0. The second-order valence-electron chi connectivity index (χ2n) is 4.34. The van der Waals surface area contributed by atoms with Gasteiger partial charge in [-0.25, -0.2) is 8.42 Å². The van der Waals surface area contributed by atoms with Gasteiger partial charge in [0.25, 0.3) is 0 Å². The Kier molecular flexibility index (Phi) is 5.14. The number of hydrogen-bond donors (Lipinski definition) is 1. The molecule has 5 nitrogen and oxygen atoms in total. The number of carbonyl (C=O) groups is 1. The van der Waals surface area contributed by atoms with E-state index in [1.807, 2.05) is 0 Å². The lowest BCUT2D eigenvalue weighted by Crippen LogP contribution is -2.45. The number of nitrogens with one attached hydrogen (secondary N) is 1. The van der Waals surface area contributed by atoms with E-state index in [2.05, 4.69) is 11.9 Å². The van der Waals surface area contributed by atoms with Crippen molar-refractivity contribution in [3.8, 4) is 0 Å². The SMILES string of the molecule is C=CCNC(=O)CN(C1CCCC1)S(C)(=O)=O. The molecule has 0 bridgehead atoms. The maximum absolute atomic E-state index is 11.7. The smallest absolute Gasteiger partial charge is 0.235 e. The van der Waals surface area contributed by atoms with Crippen LogP contribution in [0, 0.1) is 0 Å². The topological polar surface area (TPSA) is 66.5 Å². The zero-order chi connectivity index (χ0) is 12.9. The van der Waals surface area contributed by atoms with Crippen LogP contribution in [0.25, 0.3) is 0 Å². The summed E-state index contributed by atoms with van der Waals surface area (Å²) in [6.07, 6.45) is 6.49.